The molecule has 2 bridgehead atoms. The van der Waals surface area contributed by atoms with Gasteiger partial charge in [-0.15, -0.1) is 0 Å². The van der Waals surface area contributed by atoms with Crippen molar-refractivity contribution in [2.45, 2.75) is 87.5 Å². The number of carbonyl (C=O) groups excluding carboxylic acids is 3. The highest BCUT2D eigenvalue weighted by atomic mass is 16.6. The van der Waals surface area contributed by atoms with Gasteiger partial charge in [-0.05, 0) is 92.1 Å². The third kappa shape index (κ3) is 6.25. The molecule has 1 saturated carbocycles. The zero-order valence-electron chi connectivity index (χ0n) is 39.2. The summed E-state index contributed by atoms with van der Waals surface area (Å²) in [5.74, 6) is -0.0830. The molecule has 9 atom stereocenters. The number of para-hydroxylation sites is 1. The van der Waals surface area contributed by atoms with Gasteiger partial charge in [0, 0.05) is 96.5 Å². The van der Waals surface area contributed by atoms with E-state index in [9.17, 15) is 14.7 Å². The normalized spacial score (nSPS) is 31.8. The minimum Gasteiger partial charge on any atom is -0.497 e. The standard InChI is InChI=1S/C53H63N5O8/c1-8-33-25-34-28-52(49(61)65-7,44-38(19-23-57(29-33)30-34)37-13-10-11-14-41(37)55-44)40-26-39-42(27-43(40)64-6)56(4)47-51(39)21-24-58-22-12-20-50(9-2,46(51)58)48(66-32(3)59)53(47,62)31-54-45(60)35-15-17-36(63-5)18-16-35/h10-18,20,25-27,34,46-48,55,62H,8-9,19,21-24,28-31H2,1-7H3,(H,54,60)/t34-,46?,47+,48+,50+,51+,52-,53-/m0/s1. The number of likely N-dealkylation sites (N-methyl/N-ethyl adjacent to an activating group) is 1. The van der Waals surface area contributed by atoms with E-state index in [1.165, 1.54) is 19.6 Å². The summed E-state index contributed by atoms with van der Waals surface area (Å²) in [4.78, 5) is 53.8. The number of H-pyrrole nitrogens is 1. The lowest BCUT2D eigenvalue weighted by molar-refractivity contribution is -0.216. The second-order valence-corrected chi connectivity index (χ2v) is 19.6. The summed E-state index contributed by atoms with van der Waals surface area (Å²) < 4.78 is 24.3. The van der Waals surface area contributed by atoms with Crippen molar-refractivity contribution in [1.29, 1.82) is 0 Å². The molecule has 1 saturated heterocycles. The molecule has 348 valence electrons. The minimum absolute atomic E-state index is 0.0217. The smallest absolute Gasteiger partial charge is 0.322 e. The largest absolute Gasteiger partial charge is 0.497 e. The molecule has 1 aromatic heterocycles. The number of aliphatic hydroxyl groups is 1. The summed E-state index contributed by atoms with van der Waals surface area (Å²) >= 11 is 0. The van der Waals surface area contributed by atoms with Crippen LogP contribution in [0, 0.1) is 11.3 Å². The number of methoxy groups -OCH3 is 3. The number of aromatic amines is 1. The first-order valence-corrected chi connectivity index (χ1v) is 23.6. The number of amides is 1. The van der Waals surface area contributed by atoms with Gasteiger partial charge >= 0.3 is 11.9 Å². The van der Waals surface area contributed by atoms with Crippen LogP contribution in [0.1, 0.15) is 79.2 Å². The summed E-state index contributed by atoms with van der Waals surface area (Å²) in [5.41, 5.74) is 2.38. The van der Waals surface area contributed by atoms with Crippen molar-refractivity contribution in [3.63, 3.8) is 0 Å². The topological polar surface area (TPSA) is 146 Å². The maximum atomic E-state index is 15.5. The van der Waals surface area contributed by atoms with Gasteiger partial charge in [0.1, 0.15) is 28.6 Å². The number of hydrogen-bond acceptors (Lipinski definition) is 11. The first-order valence-electron chi connectivity index (χ1n) is 23.6. The van der Waals surface area contributed by atoms with E-state index >= 15 is 4.79 Å². The fraction of sp³-hybridized carbons (Fsp3) is 0.491. The summed E-state index contributed by atoms with van der Waals surface area (Å²) in [7, 11) is 6.70. The molecule has 6 aliphatic rings. The van der Waals surface area contributed by atoms with E-state index in [-0.39, 0.29) is 30.4 Å². The van der Waals surface area contributed by atoms with Crippen molar-refractivity contribution < 1.29 is 38.4 Å². The monoisotopic (exact) mass is 897 g/mol. The molecule has 0 radical (unpaired) electrons. The molecule has 10 rings (SSSR count). The van der Waals surface area contributed by atoms with Gasteiger partial charge in [-0.3, -0.25) is 24.2 Å². The first kappa shape index (κ1) is 44.2. The van der Waals surface area contributed by atoms with Crippen molar-refractivity contribution in [3.8, 4) is 11.5 Å². The number of nitrogens with zero attached hydrogens (tertiary/aromatic N) is 3. The molecule has 6 heterocycles. The zero-order valence-corrected chi connectivity index (χ0v) is 39.2. The van der Waals surface area contributed by atoms with Gasteiger partial charge in [-0.25, -0.2) is 0 Å². The Morgan fingerprint density at radius 3 is 2.47 bits per heavy atom. The van der Waals surface area contributed by atoms with E-state index in [0.29, 0.717) is 48.4 Å². The molecule has 13 heteroatoms. The first-order chi connectivity index (χ1) is 31.8. The Hall–Kier alpha value is -5.63. The number of ether oxygens (including phenoxy) is 4. The highest BCUT2D eigenvalue weighted by Gasteiger charge is 2.78. The van der Waals surface area contributed by atoms with Crippen LogP contribution in [0.2, 0.25) is 0 Å². The Labute approximate surface area is 387 Å². The summed E-state index contributed by atoms with van der Waals surface area (Å²) in [6, 6.07) is 18.5. The maximum Gasteiger partial charge on any atom is 0.322 e. The van der Waals surface area contributed by atoms with Gasteiger partial charge in [-0.2, -0.15) is 0 Å². The highest BCUT2D eigenvalue weighted by molar-refractivity contribution is 5.95. The van der Waals surface area contributed by atoms with E-state index in [0.717, 1.165) is 72.4 Å². The van der Waals surface area contributed by atoms with E-state index < -0.39 is 40.0 Å². The number of carbonyl (C=O) groups is 3. The van der Waals surface area contributed by atoms with Gasteiger partial charge in [0.2, 0.25) is 0 Å². The van der Waals surface area contributed by atoms with Crippen molar-refractivity contribution >= 4 is 34.4 Å². The van der Waals surface area contributed by atoms with Crippen LogP contribution in [0.3, 0.4) is 0 Å². The molecular formula is C53H63N5O8. The third-order valence-corrected chi connectivity index (χ3v) is 16.5. The number of nitrogens with one attached hydrogen (secondary N) is 2. The number of benzene rings is 3. The Bertz CT molecular complexity index is 2660. The van der Waals surface area contributed by atoms with E-state index in [2.05, 4.69) is 81.3 Å². The van der Waals surface area contributed by atoms with Crippen LogP contribution >= 0.6 is 0 Å². The zero-order chi connectivity index (χ0) is 46.3. The molecule has 1 amide bonds. The van der Waals surface area contributed by atoms with Crippen molar-refractivity contribution in [1.82, 2.24) is 20.1 Å². The van der Waals surface area contributed by atoms with Crippen LogP contribution in [0.25, 0.3) is 10.9 Å². The molecule has 1 aliphatic carbocycles. The molecule has 2 unspecified atom stereocenters. The van der Waals surface area contributed by atoms with Crippen LogP contribution in [0.4, 0.5) is 5.69 Å². The van der Waals surface area contributed by atoms with Gasteiger partial charge in [0.25, 0.3) is 5.91 Å². The molecular weight excluding hydrogens is 835 g/mol. The number of rotatable bonds is 10. The fourth-order valence-corrected chi connectivity index (χ4v) is 14.1. The molecule has 3 aromatic carbocycles. The number of anilines is 1. The average molecular weight is 898 g/mol. The van der Waals surface area contributed by atoms with Crippen LogP contribution in [-0.2, 0) is 36.3 Å². The lowest BCUT2D eigenvalue weighted by Gasteiger charge is -2.64. The van der Waals surface area contributed by atoms with E-state index in [4.69, 9.17) is 18.9 Å². The van der Waals surface area contributed by atoms with Crippen LogP contribution < -0.4 is 19.7 Å². The predicted octanol–water partition coefficient (Wildman–Crippen LogP) is 6.06. The van der Waals surface area contributed by atoms with Crippen LogP contribution in [0.15, 0.2) is 84.5 Å². The Kier molecular flexibility index (Phi) is 10.9. The number of fused-ring (bicyclic) bond motifs is 6. The van der Waals surface area contributed by atoms with Crippen molar-refractivity contribution in [2.24, 2.45) is 11.3 Å². The number of hydrogen-bond donors (Lipinski definition) is 3. The highest BCUT2D eigenvalue weighted by Crippen LogP contribution is 2.68. The Balaban J connectivity index is 1.22. The van der Waals surface area contributed by atoms with Crippen molar-refractivity contribution in [3.05, 3.63) is 112 Å². The second kappa shape index (κ2) is 16.3. The van der Waals surface area contributed by atoms with Gasteiger partial charge in [0.05, 0.1) is 33.9 Å². The molecule has 13 nitrogen and oxygen atoms in total. The predicted molar refractivity (Wildman–Crippen MR) is 252 cm³/mol. The van der Waals surface area contributed by atoms with Gasteiger partial charge < -0.3 is 39.3 Å². The Morgan fingerprint density at radius 1 is 0.970 bits per heavy atom. The van der Waals surface area contributed by atoms with Crippen molar-refractivity contribution in [2.75, 3.05) is 72.5 Å². The summed E-state index contributed by atoms with van der Waals surface area (Å²) in [6.07, 6.45) is 8.96. The lowest BCUT2D eigenvalue weighted by atomic mass is 9.47. The molecule has 3 N–H and O–H groups in total. The van der Waals surface area contributed by atoms with Crippen LogP contribution in [-0.4, -0.2) is 129 Å². The maximum absolute atomic E-state index is 15.5. The number of aromatic nitrogens is 1. The molecule has 4 aromatic rings. The minimum atomic E-state index is -1.82. The number of esters is 2. The van der Waals surface area contributed by atoms with E-state index in [1.807, 2.05) is 19.2 Å². The lowest BCUT2D eigenvalue weighted by Crippen LogP contribution is -2.81. The van der Waals surface area contributed by atoms with Crippen LogP contribution in [0.5, 0.6) is 11.5 Å². The fourth-order valence-electron chi connectivity index (χ4n) is 14.1. The van der Waals surface area contributed by atoms with Gasteiger partial charge in [-0.1, -0.05) is 55.8 Å². The summed E-state index contributed by atoms with van der Waals surface area (Å²) in [5, 5.41) is 18.2. The summed E-state index contributed by atoms with van der Waals surface area (Å²) in [6.45, 7) is 9.44. The molecule has 66 heavy (non-hydrogen) atoms. The quantitative estimate of drug-likeness (QED) is 0.126. The average Bonchev–Trinajstić information content (AvgIpc) is 4.00. The SMILES string of the molecule is CCC1=C[C@@H]2CN(CCc3c([nH]c4ccccc34)[C@@](C(=O)OC)(c3cc4c(cc3OC)N(C)[C@H]3[C@@](O)(CNC(=O)c5ccc(OC)cc5)[C@H](OC(C)=O)[C@]5(CC)C=CCN6CC[C@]43C65)C2)C1. The molecule has 2 fully saturated rings. The second-order valence-electron chi connectivity index (χ2n) is 19.6. The molecule has 1 spiro atoms. The van der Waals surface area contributed by atoms with Gasteiger partial charge in [0.15, 0.2) is 0 Å². The third-order valence-electron chi connectivity index (χ3n) is 16.5. The van der Waals surface area contributed by atoms with E-state index in [1.54, 1.807) is 38.5 Å². The Morgan fingerprint density at radius 2 is 1.76 bits per heavy atom. The molecule has 5 aliphatic heterocycles.